The van der Waals surface area contributed by atoms with Gasteiger partial charge in [0, 0.05) is 25.0 Å². The maximum Gasteiger partial charge on any atom is 0.322 e. The summed E-state index contributed by atoms with van der Waals surface area (Å²) in [5.41, 5.74) is 3.72. The third-order valence-electron chi connectivity index (χ3n) is 5.07. The minimum absolute atomic E-state index is 0.0499. The van der Waals surface area contributed by atoms with Crippen LogP contribution in [0.5, 0.6) is 0 Å². The molecule has 0 bridgehead atoms. The molecule has 6 heteroatoms. The topological polar surface area (TPSA) is 63.1 Å². The Morgan fingerprint density at radius 3 is 2.92 bits per heavy atom. The second-order valence-corrected chi connectivity index (χ2v) is 6.91. The molecule has 0 spiro atoms. The molecule has 3 aromatic rings. The monoisotopic (exact) mass is 349 g/mol. The normalized spacial score (nSPS) is 17.0. The van der Waals surface area contributed by atoms with Gasteiger partial charge in [0.25, 0.3) is 0 Å². The third-order valence-corrected chi connectivity index (χ3v) is 5.07. The summed E-state index contributed by atoms with van der Waals surface area (Å²) >= 11 is 0. The lowest BCUT2D eigenvalue weighted by Gasteiger charge is -2.25. The van der Waals surface area contributed by atoms with Gasteiger partial charge in [0.05, 0.1) is 17.6 Å². The number of aromatic nitrogens is 3. The number of pyridine rings is 1. The summed E-state index contributed by atoms with van der Waals surface area (Å²) in [6, 6.07) is 12.5. The first-order valence-corrected chi connectivity index (χ1v) is 9.03. The van der Waals surface area contributed by atoms with Crippen LogP contribution in [0.1, 0.15) is 24.1 Å². The molecule has 1 atom stereocenters. The first-order valence-electron chi connectivity index (χ1n) is 9.03. The van der Waals surface area contributed by atoms with Crippen LogP contribution in [0.4, 0.5) is 10.5 Å². The van der Waals surface area contributed by atoms with Crippen molar-refractivity contribution in [1.82, 2.24) is 19.7 Å². The molecule has 26 heavy (non-hydrogen) atoms. The van der Waals surface area contributed by atoms with Crippen LogP contribution in [-0.2, 0) is 13.5 Å². The van der Waals surface area contributed by atoms with Crippen LogP contribution in [0.25, 0.3) is 11.0 Å². The number of fused-ring (bicyclic) bond motifs is 1. The number of aryl methyl sites for hydroxylation is 2. The van der Waals surface area contributed by atoms with Gasteiger partial charge in [0.2, 0.25) is 0 Å². The Balaban J connectivity index is 1.49. The Kier molecular flexibility index (Phi) is 4.32. The highest BCUT2D eigenvalue weighted by Crippen LogP contribution is 2.24. The number of hydrogen-bond acceptors (Lipinski definition) is 3. The molecule has 1 aliphatic rings. The quantitative estimate of drug-likeness (QED) is 0.787. The zero-order valence-corrected chi connectivity index (χ0v) is 15.1. The molecule has 0 aliphatic carbocycles. The van der Waals surface area contributed by atoms with Crippen molar-refractivity contribution in [2.24, 2.45) is 7.05 Å². The SMILES string of the molecule is Cc1nn(C)c2ncc(NC(=O)N3CCC[C@H]3Cc3ccccc3)cc12. The molecule has 6 nitrogen and oxygen atoms in total. The van der Waals surface area contributed by atoms with E-state index in [2.05, 4.69) is 27.5 Å². The van der Waals surface area contributed by atoms with Crippen LogP contribution in [0, 0.1) is 6.92 Å². The number of urea groups is 1. The van der Waals surface area contributed by atoms with Crippen molar-refractivity contribution < 1.29 is 4.79 Å². The maximum atomic E-state index is 12.8. The average Bonchev–Trinajstić information content (AvgIpc) is 3.21. The van der Waals surface area contributed by atoms with Gasteiger partial charge in [-0.15, -0.1) is 0 Å². The molecule has 2 aromatic heterocycles. The van der Waals surface area contributed by atoms with Gasteiger partial charge in [0.1, 0.15) is 0 Å². The smallest absolute Gasteiger partial charge is 0.321 e. The van der Waals surface area contributed by atoms with E-state index in [1.165, 1.54) is 5.56 Å². The minimum atomic E-state index is -0.0499. The van der Waals surface area contributed by atoms with Crippen molar-refractivity contribution >= 4 is 22.8 Å². The predicted octanol–water partition coefficient (Wildman–Crippen LogP) is 3.52. The van der Waals surface area contributed by atoms with E-state index in [4.69, 9.17) is 0 Å². The Morgan fingerprint density at radius 2 is 2.12 bits per heavy atom. The van der Waals surface area contributed by atoms with Crippen molar-refractivity contribution in [2.45, 2.75) is 32.2 Å². The molecule has 0 radical (unpaired) electrons. The molecule has 1 saturated heterocycles. The van der Waals surface area contributed by atoms with Crippen LogP contribution in [0.3, 0.4) is 0 Å². The van der Waals surface area contributed by atoms with Crippen molar-refractivity contribution in [3.05, 3.63) is 53.9 Å². The number of hydrogen-bond donors (Lipinski definition) is 1. The third kappa shape index (κ3) is 3.14. The zero-order chi connectivity index (χ0) is 18.1. The summed E-state index contributed by atoms with van der Waals surface area (Å²) in [5, 5.41) is 8.36. The molecule has 1 aliphatic heterocycles. The van der Waals surface area contributed by atoms with E-state index in [0.717, 1.165) is 42.5 Å². The van der Waals surface area contributed by atoms with Gasteiger partial charge in [-0.05, 0) is 37.8 Å². The van der Waals surface area contributed by atoms with Crippen LogP contribution in [0.2, 0.25) is 0 Å². The summed E-state index contributed by atoms with van der Waals surface area (Å²) in [6.45, 7) is 2.75. The van der Waals surface area contributed by atoms with Gasteiger partial charge in [-0.2, -0.15) is 5.10 Å². The molecule has 2 amide bonds. The lowest BCUT2D eigenvalue weighted by molar-refractivity contribution is 0.206. The number of likely N-dealkylation sites (tertiary alicyclic amines) is 1. The van der Waals surface area contributed by atoms with E-state index in [9.17, 15) is 4.79 Å². The highest BCUT2D eigenvalue weighted by atomic mass is 16.2. The van der Waals surface area contributed by atoms with Gasteiger partial charge in [0.15, 0.2) is 5.65 Å². The van der Waals surface area contributed by atoms with Gasteiger partial charge in [-0.3, -0.25) is 4.68 Å². The van der Waals surface area contributed by atoms with Gasteiger partial charge < -0.3 is 10.2 Å². The molecule has 4 rings (SSSR count). The summed E-state index contributed by atoms with van der Waals surface area (Å²) in [7, 11) is 1.87. The number of carbonyl (C=O) groups is 1. The molecular formula is C20H23N5O. The first kappa shape index (κ1) is 16.6. The highest BCUT2D eigenvalue weighted by molar-refractivity contribution is 5.92. The van der Waals surface area contributed by atoms with Crippen LogP contribution >= 0.6 is 0 Å². The van der Waals surface area contributed by atoms with E-state index in [-0.39, 0.29) is 12.1 Å². The van der Waals surface area contributed by atoms with E-state index in [1.807, 2.05) is 43.1 Å². The number of nitrogens with zero attached hydrogens (tertiary/aromatic N) is 4. The minimum Gasteiger partial charge on any atom is -0.321 e. The predicted molar refractivity (Wildman–Crippen MR) is 102 cm³/mol. The molecule has 134 valence electrons. The van der Waals surface area contributed by atoms with Crippen LogP contribution in [-0.4, -0.2) is 38.3 Å². The number of nitrogens with one attached hydrogen (secondary N) is 1. The van der Waals surface area contributed by atoms with E-state index >= 15 is 0 Å². The lowest BCUT2D eigenvalue weighted by atomic mass is 10.0. The molecule has 1 N–H and O–H groups in total. The van der Waals surface area contributed by atoms with Gasteiger partial charge >= 0.3 is 6.03 Å². The Hall–Kier alpha value is -2.89. The van der Waals surface area contributed by atoms with Crippen molar-refractivity contribution in [1.29, 1.82) is 0 Å². The second kappa shape index (κ2) is 6.78. The first-order chi connectivity index (χ1) is 12.6. The number of carbonyl (C=O) groups excluding carboxylic acids is 1. The summed E-state index contributed by atoms with van der Waals surface area (Å²) in [4.78, 5) is 19.2. The fourth-order valence-electron chi connectivity index (χ4n) is 3.77. The maximum absolute atomic E-state index is 12.8. The van der Waals surface area contributed by atoms with Crippen molar-refractivity contribution in [3.8, 4) is 0 Å². The standard InChI is InChI=1S/C20H23N5O/c1-14-18-12-16(13-21-19(18)24(2)23-14)22-20(26)25-10-6-9-17(25)11-15-7-4-3-5-8-15/h3-5,7-8,12-13,17H,6,9-11H2,1-2H3,(H,22,26)/t17-/m0/s1. The number of anilines is 1. The van der Waals surface area contributed by atoms with Gasteiger partial charge in [-0.1, -0.05) is 30.3 Å². The average molecular weight is 349 g/mol. The highest BCUT2D eigenvalue weighted by Gasteiger charge is 2.29. The largest absolute Gasteiger partial charge is 0.322 e. The van der Waals surface area contributed by atoms with Crippen molar-refractivity contribution in [2.75, 3.05) is 11.9 Å². The molecule has 0 unspecified atom stereocenters. The number of benzene rings is 1. The van der Waals surface area contributed by atoms with Gasteiger partial charge in [-0.25, -0.2) is 9.78 Å². The van der Waals surface area contributed by atoms with E-state index in [0.29, 0.717) is 5.69 Å². The lowest BCUT2D eigenvalue weighted by Crippen LogP contribution is -2.39. The fourth-order valence-corrected chi connectivity index (χ4v) is 3.77. The summed E-state index contributed by atoms with van der Waals surface area (Å²) in [5.74, 6) is 0. The molecule has 3 heterocycles. The molecule has 1 fully saturated rings. The second-order valence-electron chi connectivity index (χ2n) is 6.91. The van der Waals surface area contributed by atoms with Crippen LogP contribution < -0.4 is 5.32 Å². The Morgan fingerprint density at radius 1 is 1.31 bits per heavy atom. The Labute approximate surface area is 152 Å². The van der Waals surface area contributed by atoms with E-state index in [1.54, 1.807) is 10.9 Å². The fraction of sp³-hybridized carbons (Fsp3) is 0.350. The molecular weight excluding hydrogens is 326 g/mol. The molecule has 1 aromatic carbocycles. The number of amides is 2. The molecule has 0 saturated carbocycles. The zero-order valence-electron chi connectivity index (χ0n) is 15.1. The Bertz CT molecular complexity index is 934. The van der Waals surface area contributed by atoms with Crippen LogP contribution in [0.15, 0.2) is 42.6 Å². The van der Waals surface area contributed by atoms with E-state index < -0.39 is 0 Å². The van der Waals surface area contributed by atoms with Crippen molar-refractivity contribution in [3.63, 3.8) is 0 Å². The number of rotatable bonds is 3. The summed E-state index contributed by atoms with van der Waals surface area (Å²) < 4.78 is 1.76. The summed E-state index contributed by atoms with van der Waals surface area (Å²) in [6.07, 6.45) is 4.68.